The van der Waals surface area contributed by atoms with E-state index in [1.807, 2.05) is 12.1 Å². The van der Waals surface area contributed by atoms with E-state index in [2.05, 4.69) is 31.0 Å². The summed E-state index contributed by atoms with van der Waals surface area (Å²) in [5.41, 5.74) is 0.790. The highest BCUT2D eigenvalue weighted by Gasteiger charge is 2.29. The number of hydrogen-bond acceptors (Lipinski definition) is 6. The van der Waals surface area contributed by atoms with Crippen molar-refractivity contribution in [2.24, 2.45) is 0 Å². The zero-order chi connectivity index (χ0) is 20.4. The highest BCUT2D eigenvalue weighted by Crippen LogP contribution is 2.22. The van der Waals surface area contributed by atoms with Crippen LogP contribution in [0.5, 0.6) is 0 Å². The van der Waals surface area contributed by atoms with Gasteiger partial charge < -0.3 is 4.52 Å². The Morgan fingerprint density at radius 1 is 1.07 bits per heavy atom. The maximum Gasteiger partial charge on any atom is 0.243 e. The molecule has 2 heterocycles. The largest absolute Gasteiger partial charge is 0.338 e. The highest BCUT2D eigenvalue weighted by molar-refractivity contribution is 9.10. The molecule has 0 bridgehead atoms. The number of aromatic nitrogens is 2. The first kappa shape index (κ1) is 20.5. The third-order valence-corrected chi connectivity index (χ3v) is 7.37. The molecule has 4 rings (SSSR count). The zero-order valence-electron chi connectivity index (χ0n) is 15.3. The molecule has 0 amide bonds. The molecular formula is C19H18BrClN4O3S. The molecule has 3 aromatic rings. The summed E-state index contributed by atoms with van der Waals surface area (Å²) in [7, 11) is -3.49. The van der Waals surface area contributed by atoms with Crippen molar-refractivity contribution < 1.29 is 12.9 Å². The number of nitrogens with zero attached hydrogens (tertiary/aromatic N) is 4. The van der Waals surface area contributed by atoms with Crippen LogP contribution in [-0.4, -0.2) is 53.9 Å². The van der Waals surface area contributed by atoms with Crippen LogP contribution in [0.15, 0.2) is 62.4 Å². The van der Waals surface area contributed by atoms with Crippen LogP contribution in [0.25, 0.3) is 11.4 Å². The summed E-state index contributed by atoms with van der Waals surface area (Å²) >= 11 is 9.34. The minimum Gasteiger partial charge on any atom is -0.338 e. The Balaban J connectivity index is 1.37. The second kappa shape index (κ2) is 8.53. The van der Waals surface area contributed by atoms with Crippen LogP contribution in [0.1, 0.15) is 5.89 Å². The average Bonchev–Trinajstić information content (AvgIpc) is 3.17. The molecule has 1 saturated heterocycles. The summed E-state index contributed by atoms with van der Waals surface area (Å²) in [5, 5.41) is 4.62. The van der Waals surface area contributed by atoms with E-state index in [1.165, 1.54) is 4.31 Å². The summed E-state index contributed by atoms with van der Waals surface area (Å²) in [6.45, 7) is 2.47. The van der Waals surface area contributed by atoms with Crippen molar-refractivity contribution in [3.05, 3.63) is 63.9 Å². The van der Waals surface area contributed by atoms with Crippen LogP contribution in [0.4, 0.5) is 0 Å². The summed E-state index contributed by atoms with van der Waals surface area (Å²) in [4.78, 5) is 6.83. The maximum absolute atomic E-state index is 12.8. The van der Waals surface area contributed by atoms with Gasteiger partial charge in [-0.3, -0.25) is 4.90 Å². The summed E-state index contributed by atoms with van der Waals surface area (Å²) in [5.74, 6) is 0.975. The van der Waals surface area contributed by atoms with Gasteiger partial charge in [-0.25, -0.2) is 8.42 Å². The molecule has 152 valence electrons. The Kier molecular flexibility index (Phi) is 6.03. The standard InChI is InChI=1S/C19H18BrClN4O3S/c20-15-4-6-17(7-5-15)29(26,27)25-10-8-24(9-11-25)13-18-22-19(23-28-18)14-2-1-3-16(21)12-14/h1-7,12H,8-11,13H2. The highest BCUT2D eigenvalue weighted by atomic mass is 79.9. The third-order valence-electron chi connectivity index (χ3n) is 4.69. The van der Waals surface area contributed by atoms with Gasteiger partial charge in [0, 0.05) is 41.2 Å². The Labute approximate surface area is 182 Å². The van der Waals surface area contributed by atoms with Crippen LogP contribution in [0, 0.1) is 0 Å². The molecule has 0 atom stereocenters. The Hall–Kier alpha value is -1.78. The van der Waals surface area contributed by atoms with Gasteiger partial charge in [-0.15, -0.1) is 0 Å². The molecule has 7 nitrogen and oxygen atoms in total. The quantitative estimate of drug-likeness (QED) is 0.535. The fraction of sp³-hybridized carbons (Fsp3) is 0.263. The molecule has 0 N–H and O–H groups in total. The molecule has 0 unspecified atom stereocenters. The van der Waals surface area contributed by atoms with E-state index < -0.39 is 10.0 Å². The lowest BCUT2D eigenvalue weighted by Gasteiger charge is -2.33. The van der Waals surface area contributed by atoms with Gasteiger partial charge in [-0.2, -0.15) is 9.29 Å². The topological polar surface area (TPSA) is 79.5 Å². The second-order valence-corrected chi connectivity index (χ2v) is 9.95. The average molecular weight is 498 g/mol. The van der Waals surface area contributed by atoms with Crippen molar-refractivity contribution in [2.75, 3.05) is 26.2 Å². The number of hydrogen-bond donors (Lipinski definition) is 0. The lowest BCUT2D eigenvalue weighted by Crippen LogP contribution is -2.48. The minimum absolute atomic E-state index is 0.303. The number of rotatable bonds is 5. The number of benzene rings is 2. The molecule has 29 heavy (non-hydrogen) atoms. The minimum atomic E-state index is -3.49. The van der Waals surface area contributed by atoms with Crippen molar-refractivity contribution >= 4 is 37.6 Å². The first-order valence-electron chi connectivity index (χ1n) is 8.98. The van der Waals surface area contributed by atoms with Crippen LogP contribution >= 0.6 is 27.5 Å². The van der Waals surface area contributed by atoms with E-state index >= 15 is 0 Å². The fourth-order valence-electron chi connectivity index (χ4n) is 3.14. The third kappa shape index (κ3) is 4.70. The lowest BCUT2D eigenvalue weighted by atomic mass is 10.2. The van der Waals surface area contributed by atoms with Crippen LogP contribution in [0.3, 0.4) is 0 Å². The smallest absolute Gasteiger partial charge is 0.243 e. The molecule has 2 aromatic carbocycles. The van der Waals surface area contributed by atoms with E-state index in [-0.39, 0.29) is 0 Å². The van der Waals surface area contributed by atoms with Crippen molar-refractivity contribution in [2.45, 2.75) is 11.4 Å². The van der Waals surface area contributed by atoms with Gasteiger partial charge in [0.15, 0.2) is 0 Å². The molecule has 0 radical (unpaired) electrons. The van der Waals surface area contributed by atoms with Crippen molar-refractivity contribution in [1.82, 2.24) is 19.3 Å². The van der Waals surface area contributed by atoms with Gasteiger partial charge in [0.25, 0.3) is 0 Å². The summed E-state index contributed by atoms with van der Waals surface area (Å²) in [6.07, 6.45) is 0. The molecule has 1 aromatic heterocycles. The SMILES string of the molecule is O=S(=O)(c1ccc(Br)cc1)N1CCN(Cc2nc(-c3cccc(Cl)c3)no2)CC1. The van der Waals surface area contributed by atoms with Gasteiger partial charge in [-0.1, -0.05) is 44.8 Å². The molecule has 0 aliphatic carbocycles. The normalized spacial score (nSPS) is 16.2. The van der Waals surface area contributed by atoms with Crippen molar-refractivity contribution in [3.63, 3.8) is 0 Å². The molecule has 1 fully saturated rings. The van der Waals surface area contributed by atoms with Gasteiger partial charge in [0.05, 0.1) is 11.4 Å². The van der Waals surface area contributed by atoms with E-state index in [9.17, 15) is 8.42 Å². The summed E-state index contributed by atoms with van der Waals surface area (Å²) < 4.78 is 33.3. The summed E-state index contributed by atoms with van der Waals surface area (Å²) in [6, 6.07) is 14.0. The van der Waals surface area contributed by atoms with E-state index in [1.54, 1.807) is 36.4 Å². The lowest BCUT2D eigenvalue weighted by molar-refractivity contribution is 0.163. The first-order chi connectivity index (χ1) is 13.9. The number of sulfonamides is 1. The van der Waals surface area contributed by atoms with Gasteiger partial charge in [0.2, 0.25) is 21.7 Å². The monoisotopic (exact) mass is 496 g/mol. The van der Waals surface area contributed by atoms with E-state index in [4.69, 9.17) is 16.1 Å². The van der Waals surface area contributed by atoms with Crippen molar-refractivity contribution in [1.29, 1.82) is 0 Å². The Morgan fingerprint density at radius 2 is 1.79 bits per heavy atom. The molecule has 1 aliphatic rings. The molecule has 0 spiro atoms. The maximum atomic E-state index is 12.8. The zero-order valence-corrected chi connectivity index (χ0v) is 18.5. The predicted molar refractivity (Wildman–Crippen MR) is 113 cm³/mol. The van der Waals surface area contributed by atoms with Gasteiger partial charge in [-0.05, 0) is 36.4 Å². The number of piperazine rings is 1. The fourth-order valence-corrected chi connectivity index (χ4v) is 5.02. The van der Waals surface area contributed by atoms with Crippen LogP contribution < -0.4 is 0 Å². The molecule has 0 saturated carbocycles. The van der Waals surface area contributed by atoms with Crippen molar-refractivity contribution in [3.8, 4) is 11.4 Å². The van der Waals surface area contributed by atoms with Gasteiger partial charge in [0.1, 0.15) is 0 Å². The van der Waals surface area contributed by atoms with Gasteiger partial charge >= 0.3 is 0 Å². The molecular weight excluding hydrogens is 480 g/mol. The molecule has 10 heteroatoms. The Morgan fingerprint density at radius 3 is 2.48 bits per heavy atom. The van der Waals surface area contributed by atoms with E-state index in [0.717, 1.165) is 10.0 Å². The predicted octanol–water partition coefficient (Wildman–Crippen LogP) is 3.66. The second-order valence-electron chi connectivity index (χ2n) is 6.66. The van der Waals surface area contributed by atoms with Crippen LogP contribution in [0.2, 0.25) is 5.02 Å². The number of halogens is 2. The Bertz CT molecular complexity index is 1100. The van der Waals surface area contributed by atoms with E-state index in [0.29, 0.717) is 54.4 Å². The first-order valence-corrected chi connectivity index (χ1v) is 11.6. The molecule has 1 aliphatic heterocycles. The van der Waals surface area contributed by atoms with Crippen LogP contribution in [-0.2, 0) is 16.6 Å².